The summed E-state index contributed by atoms with van der Waals surface area (Å²) in [5, 5.41) is 10.7. The number of hydrogen-bond acceptors (Lipinski definition) is 4. The number of amides is 1. The van der Waals surface area contributed by atoms with Gasteiger partial charge in [-0.05, 0) is 76.2 Å². The molecule has 3 aliphatic rings. The molecule has 2 aromatic rings. The summed E-state index contributed by atoms with van der Waals surface area (Å²) in [5.74, 6) is 2.32. The van der Waals surface area contributed by atoms with Crippen molar-refractivity contribution in [1.82, 2.24) is 20.5 Å². The standard InChI is InChI=1S/C22H28N4O2/c1-13-9-20(26-25-13)22(2,16-7-8-16)24-21(27)18-10-19(28-12-14-3-4-14)17(11-23-18)15-5-6-15/h9-11,14-16H,3-8,12H2,1-2H3,(H,24,27)(H,25,26). The SMILES string of the molecule is Cc1cc(C(C)(NC(=O)c2cc(OCC3CC3)c(C3CC3)cn2)C2CC2)n[nH]1. The third-order valence-electron chi connectivity index (χ3n) is 6.32. The molecule has 6 nitrogen and oxygen atoms in total. The predicted molar refractivity (Wildman–Crippen MR) is 105 cm³/mol. The normalized spacial score (nSPS) is 21.2. The van der Waals surface area contributed by atoms with Crippen molar-refractivity contribution in [3.8, 4) is 5.75 Å². The van der Waals surface area contributed by atoms with Crippen LogP contribution in [0.4, 0.5) is 0 Å². The van der Waals surface area contributed by atoms with Gasteiger partial charge in [-0.3, -0.25) is 14.9 Å². The van der Waals surface area contributed by atoms with Gasteiger partial charge in [0.1, 0.15) is 11.4 Å². The summed E-state index contributed by atoms with van der Waals surface area (Å²) in [4.78, 5) is 17.6. The Bertz CT molecular complexity index is 896. The number of pyridine rings is 1. The Kier molecular flexibility index (Phi) is 4.18. The van der Waals surface area contributed by atoms with Gasteiger partial charge in [0.05, 0.1) is 17.8 Å². The van der Waals surface area contributed by atoms with Gasteiger partial charge in [-0.25, -0.2) is 0 Å². The molecule has 6 heteroatoms. The van der Waals surface area contributed by atoms with Crippen LogP contribution in [0.3, 0.4) is 0 Å². The number of H-pyrrole nitrogens is 1. The number of ether oxygens (including phenoxy) is 1. The molecule has 1 amide bonds. The molecule has 2 aromatic heterocycles. The van der Waals surface area contributed by atoms with Crippen LogP contribution in [0.2, 0.25) is 0 Å². The van der Waals surface area contributed by atoms with Crippen LogP contribution in [0.25, 0.3) is 0 Å². The predicted octanol–water partition coefficient (Wildman–Crippen LogP) is 3.83. The lowest BCUT2D eigenvalue weighted by Crippen LogP contribution is -2.46. The van der Waals surface area contributed by atoms with Crippen LogP contribution in [0.5, 0.6) is 5.75 Å². The van der Waals surface area contributed by atoms with Crippen LogP contribution in [-0.2, 0) is 5.54 Å². The molecule has 1 atom stereocenters. The van der Waals surface area contributed by atoms with Crippen molar-refractivity contribution >= 4 is 5.91 Å². The van der Waals surface area contributed by atoms with E-state index < -0.39 is 5.54 Å². The molecule has 2 N–H and O–H groups in total. The second kappa shape index (κ2) is 6.61. The minimum Gasteiger partial charge on any atom is -0.493 e. The van der Waals surface area contributed by atoms with Gasteiger partial charge in [-0.1, -0.05) is 0 Å². The van der Waals surface area contributed by atoms with E-state index >= 15 is 0 Å². The lowest BCUT2D eigenvalue weighted by atomic mass is 9.91. The summed E-state index contributed by atoms with van der Waals surface area (Å²) in [5.41, 5.74) is 2.99. The minimum atomic E-state index is -0.478. The first-order valence-corrected chi connectivity index (χ1v) is 10.5. The topological polar surface area (TPSA) is 79.9 Å². The molecule has 148 valence electrons. The first-order valence-electron chi connectivity index (χ1n) is 10.5. The lowest BCUT2D eigenvalue weighted by Gasteiger charge is -2.29. The van der Waals surface area contributed by atoms with Crippen molar-refractivity contribution < 1.29 is 9.53 Å². The van der Waals surface area contributed by atoms with Crippen molar-refractivity contribution in [1.29, 1.82) is 0 Å². The summed E-state index contributed by atoms with van der Waals surface area (Å²) in [6, 6.07) is 3.86. The number of aromatic amines is 1. The minimum absolute atomic E-state index is 0.159. The molecule has 0 aliphatic heterocycles. The Morgan fingerprint density at radius 2 is 2.04 bits per heavy atom. The number of hydrogen-bond donors (Lipinski definition) is 2. The molecule has 0 saturated heterocycles. The van der Waals surface area contributed by atoms with Crippen LogP contribution in [0.15, 0.2) is 18.3 Å². The quantitative estimate of drug-likeness (QED) is 0.729. The summed E-state index contributed by atoms with van der Waals surface area (Å²) in [7, 11) is 0. The highest BCUT2D eigenvalue weighted by Gasteiger charge is 2.46. The molecule has 28 heavy (non-hydrogen) atoms. The van der Waals surface area contributed by atoms with Gasteiger partial charge in [0, 0.05) is 23.5 Å². The molecule has 0 radical (unpaired) electrons. The molecular formula is C22H28N4O2. The number of nitrogens with zero attached hydrogens (tertiary/aromatic N) is 2. The van der Waals surface area contributed by atoms with Crippen molar-refractivity contribution in [3.63, 3.8) is 0 Å². The number of carbonyl (C=O) groups is 1. The van der Waals surface area contributed by atoms with Gasteiger partial charge in [-0.15, -0.1) is 0 Å². The van der Waals surface area contributed by atoms with E-state index in [1.807, 2.05) is 25.3 Å². The van der Waals surface area contributed by atoms with E-state index in [1.165, 1.54) is 25.7 Å². The van der Waals surface area contributed by atoms with Gasteiger partial charge < -0.3 is 10.1 Å². The highest BCUT2D eigenvalue weighted by molar-refractivity contribution is 5.93. The smallest absolute Gasteiger partial charge is 0.270 e. The van der Waals surface area contributed by atoms with Gasteiger partial charge in [0.25, 0.3) is 5.91 Å². The molecule has 5 rings (SSSR count). The average Bonchev–Trinajstić information content (AvgIpc) is 3.55. The van der Waals surface area contributed by atoms with Gasteiger partial charge in [0.2, 0.25) is 0 Å². The van der Waals surface area contributed by atoms with Crippen LogP contribution >= 0.6 is 0 Å². The van der Waals surface area contributed by atoms with E-state index in [-0.39, 0.29) is 5.91 Å². The average molecular weight is 380 g/mol. The Hall–Kier alpha value is -2.37. The Morgan fingerprint density at radius 3 is 2.64 bits per heavy atom. The number of rotatable bonds is 8. The monoisotopic (exact) mass is 380 g/mol. The molecule has 3 fully saturated rings. The zero-order valence-electron chi connectivity index (χ0n) is 16.6. The third-order valence-corrected chi connectivity index (χ3v) is 6.32. The largest absolute Gasteiger partial charge is 0.493 e. The highest BCUT2D eigenvalue weighted by atomic mass is 16.5. The lowest BCUT2D eigenvalue weighted by molar-refractivity contribution is 0.0884. The Labute approximate surface area is 165 Å². The van der Waals surface area contributed by atoms with E-state index in [1.54, 1.807) is 0 Å². The summed E-state index contributed by atoms with van der Waals surface area (Å²) < 4.78 is 6.09. The molecule has 2 heterocycles. The fourth-order valence-corrected chi connectivity index (χ4v) is 3.91. The van der Waals surface area contributed by atoms with E-state index in [4.69, 9.17) is 4.74 Å². The molecule has 0 bridgehead atoms. The zero-order valence-corrected chi connectivity index (χ0v) is 16.6. The number of nitrogens with one attached hydrogen (secondary N) is 2. The highest BCUT2D eigenvalue weighted by Crippen LogP contribution is 2.46. The third kappa shape index (κ3) is 3.52. The second-order valence-corrected chi connectivity index (χ2v) is 9.00. The number of aromatic nitrogens is 3. The van der Waals surface area contributed by atoms with Crippen LogP contribution in [0.1, 0.15) is 78.8 Å². The van der Waals surface area contributed by atoms with E-state index in [0.29, 0.717) is 23.4 Å². The van der Waals surface area contributed by atoms with Gasteiger partial charge in [-0.2, -0.15) is 5.10 Å². The Balaban J connectivity index is 1.38. The number of aryl methyl sites for hydroxylation is 1. The van der Waals surface area contributed by atoms with Crippen molar-refractivity contribution in [2.75, 3.05) is 6.61 Å². The van der Waals surface area contributed by atoms with Crippen LogP contribution in [0, 0.1) is 18.8 Å². The summed E-state index contributed by atoms with van der Waals surface area (Å²) >= 11 is 0. The van der Waals surface area contributed by atoms with E-state index in [9.17, 15) is 4.79 Å². The fourth-order valence-electron chi connectivity index (χ4n) is 3.91. The van der Waals surface area contributed by atoms with Crippen LogP contribution in [-0.4, -0.2) is 27.7 Å². The molecule has 0 spiro atoms. The first kappa shape index (κ1) is 17.7. The van der Waals surface area contributed by atoms with Crippen molar-refractivity contribution in [2.45, 2.75) is 63.8 Å². The van der Waals surface area contributed by atoms with Gasteiger partial charge in [0.15, 0.2) is 0 Å². The van der Waals surface area contributed by atoms with Crippen LogP contribution < -0.4 is 10.1 Å². The fraction of sp³-hybridized carbons (Fsp3) is 0.591. The molecule has 0 aromatic carbocycles. The Morgan fingerprint density at radius 1 is 1.25 bits per heavy atom. The van der Waals surface area contributed by atoms with Crippen molar-refractivity contribution in [2.24, 2.45) is 11.8 Å². The summed E-state index contributed by atoms with van der Waals surface area (Å²) in [6.45, 7) is 4.80. The van der Waals surface area contributed by atoms with E-state index in [2.05, 4.69) is 27.4 Å². The number of carbonyl (C=O) groups excluding carboxylic acids is 1. The molecular weight excluding hydrogens is 352 g/mol. The second-order valence-electron chi connectivity index (χ2n) is 9.00. The van der Waals surface area contributed by atoms with Gasteiger partial charge >= 0.3 is 0 Å². The summed E-state index contributed by atoms with van der Waals surface area (Å²) in [6.07, 6.45) is 8.93. The maximum Gasteiger partial charge on any atom is 0.270 e. The molecule has 3 aliphatic carbocycles. The molecule has 1 unspecified atom stereocenters. The maximum atomic E-state index is 13.1. The molecule has 3 saturated carbocycles. The first-order chi connectivity index (χ1) is 13.5. The van der Waals surface area contributed by atoms with Crippen molar-refractivity contribution in [3.05, 3.63) is 41.0 Å². The van der Waals surface area contributed by atoms with E-state index in [0.717, 1.165) is 42.1 Å². The zero-order chi connectivity index (χ0) is 19.3. The maximum absolute atomic E-state index is 13.1.